The van der Waals surface area contributed by atoms with Gasteiger partial charge in [0.25, 0.3) is 0 Å². The van der Waals surface area contributed by atoms with Gasteiger partial charge in [-0.05, 0) is 72.5 Å². The van der Waals surface area contributed by atoms with Gasteiger partial charge in [-0.2, -0.15) is 0 Å². The highest BCUT2D eigenvalue weighted by Gasteiger charge is 2.21. The third-order valence-corrected chi connectivity index (χ3v) is 6.47. The number of carbonyl (C=O) groups is 1. The second-order valence-corrected chi connectivity index (χ2v) is 9.52. The standard InChI is InChI=1S/C26H35ClN2O/c1-18(2)23-6-5-7-24(19(3)4)26(23)28-25(30)14-17-29-15-12-21(13-16-29)20-8-10-22(27)11-9-20/h5-11,18-19,21H,12-17H2,1-4H3,(H,28,30). The maximum atomic E-state index is 12.8. The number of likely N-dealkylation sites (tertiary alicyclic amines) is 1. The molecule has 0 atom stereocenters. The minimum absolute atomic E-state index is 0.116. The molecule has 1 saturated heterocycles. The molecule has 3 rings (SSSR count). The smallest absolute Gasteiger partial charge is 0.225 e. The van der Waals surface area contributed by atoms with Gasteiger partial charge in [0, 0.05) is 23.7 Å². The number of hydrogen-bond donors (Lipinski definition) is 1. The normalized spacial score (nSPS) is 15.7. The molecule has 30 heavy (non-hydrogen) atoms. The van der Waals surface area contributed by atoms with Gasteiger partial charge >= 0.3 is 0 Å². The quantitative estimate of drug-likeness (QED) is 0.528. The van der Waals surface area contributed by atoms with Crippen LogP contribution >= 0.6 is 11.6 Å². The van der Waals surface area contributed by atoms with Crippen molar-refractivity contribution in [2.45, 2.75) is 64.7 Å². The third kappa shape index (κ3) is 5.86. The number of piperidine rings is 1. The van der Waals surface area contributed by atoms with E-state index < -0.39 is 0 Å². The van der Waals surface area contributed by atoms with Gasteiger partial charge in [-0.1, -0.05) is 69.6 Å². The van der Waals surface area contributed by atoms with Crippen molar-refractivity contribution in [3.63, 3.8) is 0 Å². The topological polar surface area (TPSA) is 32.3 Å². The fraction of sp³-hybridized carbons (Fsp3) is 0.500. The lowest BCUT2D eigenvalue weighted by Crippen LogP contribution is -2.35. The molecular weight excluding hydrogens is 392 g/mol. The minimum Gasteiger partial charge on any atom is -0.326 e. The summed E-state index contributed by atoms with van der Waals surface area (Å²) >= 11 is 6.01. The van der Waals surface area contributed by atoms with Crippen molar-refractivity contribution in [1.29, 1.82) is 0 Å². The van der Waals surface area contributed by atoms with Crippen LogP contribution in [0.25, 0.3) is 0 Å². The van der Waals surface area contributed by atoms with Gasteiger partial charge in [0.15, 0.2) is 0 Å². The molecule has 0 bridgehead atoms. The highest BCUT2D eigenvalue weighted by molar-refractivity contribution is 6.30. The predicted octanol–water partition coefficient (Wildman–Crippen LogP) is 6.80. The molecule has 0 saturated carbocycles. The van der Waals surface area contributed by atoms with Crippen molar-refractivity contribution >= 4 is 23.2 Å². The first-order valence-electron chi connectivity index (χ1n) is 11.3. The van der Waals surface area contributed by atoms with Crippen LogP contribution in [-0.2, 0) is 4.79 Å². The van der Waals surface area contributed by atoms with Crippen LogP contribution < -0.4 is 5.32 Å². The summed E-state index contributed by atoms with van der Waals surface area (Å²) in [5.41, 5.74) is 4.84. The van der Waals surface area contributed by atoms with E-state index >= 15 is 0 Å². The largest absolute Gasteiger partial charge is 0.326 e. The lowest BCUT2D eigenvalue weighted by atomic mass is 9.89. The van der Waals surface area contributed by atoms with E-state index in [0.29, 0.717) is 24.2 Å². The molecule has 1 aliphatic rings. The molecule has 2 aromatic rings. The molecule has 3 nitrogen and oxygen atoms in total. The van der Waals surface area contributed by atoms with Crippen molar-refractivity contribution in [1.82, 2.24) is 4.90 Å². The van der Waals surface area contributed by atoms with Crippen LogP contribution in [0.15, 0.2) is 42.5 Å². The first-order valence-corrected chi connectivity index (χ1v) is 11.6. The Morgan fingerprint density at radius 3 is 2.10 bits per heavy atom. The molecule has 162 valence electrons. The number of hydrogen-bond acceptors (Lipinski definition) is 2. The molecule has 1 aliphatic heterocycles. The molecule has 0 aliphatic carbocycles. The fourth-order valence-electron chi connectivity index (χ4n) is 4.38. The second kappa shape index (κ2) is 10.5. The molecule has 1 heterocycles. The summed E-state index contributed by atoms with van der Waals surface area (Å²) < 4.78 is 0. The van der Waals surface area contributed by atoms with E-state index in [0.717, 1.165) is 43.2 Å². The van der Waals surface area contributed by atoms with E-state index in [1.54, 1.807) is 0 Å². The third-order valence-electron chi connectivity index (χ3n) is 6.22. The Labute approximate surface area is 186 Å². The first-order chi connectivity index (χ1) is 14.3. The molecular formula is C26H35ClN2O. The molecule has 1 fully saturated rings. The molecule has 1 N–H and O–H groups in total. The van der Waals surface area contributed by atoms with Gasteiger partial charge < -0.3 is 10.2 Å². The molecule has 4 heteroatoms. The Kier molecular flexibility index (Phi) is 7.96. The van der Waals surface area contributed by atoms with Crippen LogP contribution in [0, 0.1) is 0 Å². The van der Waals surface area contributed by atoms with Crippen molar-refractivity contribution in [3.8, 4) is 0 Å². The number of carbonyl (C=O) groups excluding carboxylic acids is 1. The van der Waals surface area contributed by atoms with Crippen LogP contribution in [0.5, 0.6) is 0 Å². The number of nitrogens with one attached hydrogen (secondary N) is 1. The zero-order chi connectivity index (χ0) is 21.7. The Morgan fingerprint density at radius 1 is 1.00 bits per heavy atom. The predicted molar refractivity (Wildman–Crippen MR) is 128 cm³/mol. The monoisotopic (exact) mass is 426 g/mol. The second-order valence-electron chi connectivity index (χ2n) is 9.09. The lowest BCUT2D eigenvalue weighted by Gasteiger charge is -2.32. The molecule has 0 radical (unpaired) electrons. The van der Waals surface area contributed by atoms with Gasteiger partial charge in [0.2, 0.25) is 5.91 Å². The van der Waals surface area contributed by atoms with Crippen LogP contribution in [0.3, 0.4) is 0 Å². The van der Waals surface area contributed by atoms with Crippen molar-refractivity contribution in [2.75, 3.05) is 25.0 Å². The molecule has 1 amide bonds. The summed E-state index contributed by atoms with van der Waals surface area (Å²) in [5, 5.41) is 4.04. The summed E-state index contributed by atoms with van der Waals surface area (Å²) in [7, 11) is 0. The number of nitrogens with zero attached hydrogens (tertiary/aromatic N) is 1. The molecule has 0 aromatic heterocycles. The van der Waals surface area contributed by atoms with Crippen LogP contribution in [0.2, 0.25) is 5.02 Å². The van der Waals surface area contributed by atoms with E-state index in [1.807, 2.05) is 12.1 Å². The number of amides is 1. The van der Waals surface area contributed by atoms with Gasteiger partial charge in [-0.15, -0.1) is 0 Å². The van der Waals surface area contributed by atoms with Gasteiger partial charge in [0.05, 0.1) is 0 Å². The number of benzene rings is 2. The van der Waals surface area contributed by atoms with Gasteiger partial charge in [0.1, 0.15) is 0 Å². The number of para-hydroxylation sites is 1. The number of halogens is 1. The Hall–Kier alpha value is -1.84. The zero-order valence-corrected chi connectivity index (χ0v) is 19.5. The average Bonchev–Trinajstić information content (AvgIpc) is 2.73. The summed E-state index contributed by atoms with van der Waals surface area (Å²) in [6.07, 6.45) is 2.81. The van der Waals surface area contributed by atoms with Crippen molar-refractivity contribution < 1.29 is 4.79 Å². The maximum Gasteiger partial charge on any atom is 0.225 e. The maximum absolute atomic E-state index is 12.8. The SMILES string of the molecule is CC(C)c1cccc(C(C)C)c1NC(=O)CCN1CCC(c2ccc(Cl)cc2)CC1. The Balaban J connectivity index is 1.53. The van der Waals surface area contributed by atoms with E-state index in [-0.39, 0.29) is 5.91 Å². The summed E-state index contributed by atoms with van der Waals surface area (Å²) in [6.45, 7) is 11.6. The Morgan fingerprint density at radius 2 is 1.57 bits per heavy atom. The summed E-state index contributed by atoms with van der Waals surface area (Å²) in [4.78, 5) is 15.2. The molecule has 2 aromatic carbocycles. The van der Waals surface area contributed by atoms with E-state index in [9.17, 15) is 4.79 Å². The number of anilines is 1. The first kappa shape index (κ1) is 22.8. The summed E-state index contributed by atoms with van der Waals surface area (Å²) in [6, 6.07) is 14.6. The van der Waals surface area contributed by atoms with Crippen molar-refractivity contribution in [3.05, 3.63) is 64.2 Å². The van der Waals surface area contributed by atoms with Crippen LogP contribution in [0.1, 0.15) is 81.4 Å². The fourth-order valence-corrected chi connectivity index (χ4v) is 4.51. The zero-order valence-electron chi connectivity index (χ0n) is 18.7. The highest BCUT2D eigenvalue weighted by atomic mass is 35.5. The van der Waals surface area contributed by atoms with E-state index in [4.69, 9.17) is 11.6 Å². The van der Waals surface area contributed by atoms with Crippen molar-refractivity contribution in [2.24, 2.45) is 0 Å². The van der Waals surface area contributed by atoms with Gasteiger partial charge in [-0.3, -0.25) is 4.79 Å². The lowest BCUT2D eigenvalue weighted by molar-refractivity contribution is -0.116. The van der Waals surface area contributed by atoms with Gasteiger partial charge in [-0.25, -0.2) is 0 Å². The van der Waals surface area contributed by atoms with Crippen LogP contribution in [0.4, 0.5) is 5.69 Å². The van der Waals surface area contributed by atoms with E-state index in [2.05, 4.69) is 68.2 Å². The summed E-state index contributed by atoms with van der Waals surface area (Å²) in [5.74, 6) is 1.47. The highest BCUT2D eigenvalue weighted by Crippen LogP contribution is 2.33. The Bertz CT molecular complexity index is 810. The molecule has 0 unspecified atom stereocenters. The van der Waals surface area contributed by atoms with E-state index in [1.165, 1.54) is 16.7 Å². The molecule has 0 spiro atoms. The average molecular weight is 427 g/mol. The minimum atomic E-state index is 0.116. The van der Waals surface area contributed by atoms with Crippen LogP contribution in [-0.4, -0.2) is 30.4 Å². The number of rotatable bonds is 7.